The van der Waals surface area contributed by atoms with Crippen LogP contribution in [0.2, 0.25) is 0 Å². The highest BCUT2D eigenvalue weighted by Crippen LogP contribution is 2.34. The third kappa shape index (κ3) is 3.74. The Bertz CT molecular complexity index is 828. The number of hydrogen-bond donors (Lipinski definition) is 1. The number of benzene rings is 1. The molecule has 0 spiro atoms. The highest BCUT2D eigenvalue weighted by Gasteiger charge is 2.13. The number of amides is 1. The topological polar surface area (TPSA) is 60.5 Å². The minimum atomic E-state index is -0.0694. The summed E-state index contributed by atoms with van der Waals surface area (Å²) >= 11 is 2.95. The van der Waals surface area contributed by atoms with Crippen LogP contribution in [0.1, 0.15) is 4.88 Å². The van der Waals surface area contributed by atoms with Gasteiger partial charge in [-0.3, -0.25) is 4.79 Å². The van der Waals surface area contributed by atoms with Crippen LogP contribution in [0.3, 0.4) is 0 Å². The zero-order valence-electron chi connectivity index (χ0n) is 13.2. The Morgan fingerprint density at radius 1 is 1.21 bits per heavy atom. The van der Waals surface area contributed by atoms with Crippen LogP contribution in [0.15, 0.2) is 41.1 Å². The van der Waals surface area contributed by atoms with E-state index in [4.69, 9.17) is 9.47 Å². The van der Waals surface area contributed by atoms with Gasteiger partial charge in [0, 0.05) is 21.9 Å². The van der Waals surface area contributed by atoms with Crippen LogP contribution in [-0.2, 0) is 11.2 Å². The molecule has 0 fully saturated rings. The summed E-state index contributed by atoms with van der Waals surface area (Å²) < 4.78 is 10.6. The molecule has 5 nitrogen and oxygen atoms in total. The zero-order valence-corrected chi connectivity index (χ0v) is 14.9. The fourth-order valence-electron chi connectivity index (χ4n) is 2.20. The first-order valence-corrected chi connectivity index (χ1v) is 8.95. The van der Waals surface area contributed by atoms with E-state index < -0.39 is 0 Å². The summed E-state index contributed by atoms with van der Waals surface area (Å²) in [6.45, 7) is 0. The van der Waals surface area contributed by atoms with E-state index in [2.05, 4.69) is 10.3 Å². The number of carbonyl (C=O) groups is 1. The molecule has 0 saturated carbocycles. The second kappa shape index (κ2) is 7.46. The van der Waals surface area contributed by atoms with Crippen molar-refractivity contribution in [2.45, 2.75) is 6.42 Å². The highest BCUT2D eigenvalue weighted by molar-refractivity contribution is 7.14. The molecule has 0 atom stereocenters. The maximum atomic E-state index is 12.1. The van der Waals surface area contributed by atoms with Gasteiger partial charge in [-0.2, -0.15) is 0 Å². The van der Waals surface area contributed by atoms with Crippen LogP contribution in [0.25, 0.3) is 11.3 Å². The van der Waals surface area contributed by atoms with Crippen LogP contribution >= 0.6 is 22.7 Å². The number of thiophene rings is 1. The van der Waals surface area contributed by atoms with Crippen molar-refractivity contribution in [3.05, 3.63) is 46.0 Å². The number of nitrogens with one attached hydrogen (secondary N) is 1. The number of aromatic nitrogens is 1. The lowest BCUT2D eigenvalue weighted by atomic mass is 10.1. The monoisotopic (exact) mass is 360 g/mol. The molecular formula is C17H16N2O3S2. The first-order chi connectivity index (χ1) is 11.7. The van der Waals surface area contributed by atoms with Crippen LogP contribution in [0.4, 0.5) is 5.13 Å². The Kier molecular flexibility index (Phi) is 5.12. The zero-order chi connectivity index (χ0) is 16.9. The van der Waals surface area contributed by atoms with E-state index in [0.29, 0.717) is 17.3 Å². The lowest BCUT2D eigenvalue weighted by molar-refractivity contribution is -0.115. The maximum absolute atomic E-state index is 12.1. The van der Waals surface area contributed by atoms with Gasteiger partial charge >= 0.3 is 0 Å². The Hall–Kier alpha value is -2.38. The number of anilines is 1. The molecule has 0 unspecified atom stereocenters. The Balaban J connectivity index is 1.74. The van der Waals surface area contributed by atoms with Crippen molar-refractivity contribution >= 4 is 33.7 Å². The molecule has 0 radical (unpaired) electrons. The molecule has 1 amide bonds. The van der Waals surface area contributed by atoms with Crippen LogP contribution in [-0.4, -0.2) is 25.1 Å². The normalized spacial score (nSPS) is 10.4. The number of nitrogens with zero attached hydrogens (tertiary/aromatic N) is 1. The third-order valence-corrected chi connectivity index (χ3v) is 4.98. The SMILES string of the molecule is COc1ccc(-c2csc(NC(=O)Cc3cccs3)n2)c(OC)c1. The van der Waals surface area contributed by atoms with Gasteiger partial charge in [0.05, 0.1) is 26.3 Å². The second-order valence-electron chi connectivity index (χ2n) is 4.91. The van der Waals surface area contributed by atoms with E-state index in [0.717, 1.165) is 21.9 Å². The Morgan fingerprint density at radius 3 is 2.79 bits per heavy atom. The molecule has 7 heteroatoms. The van der Waals surface area contributed by atoms with E-state index >= 15 is 0 Å². The van der Waals surface area contributed by atoms with Crippen molar-refractivity contribution in [1.82, 2.24) is 4.98 Å². The molecule has 1 N–H and O–H groups in total. The van der Waals surface area contributed by atoms with Crippen molar-refractivity contribution in [3.63, 3.8) is 0 Å². The molecule has 0 bridgehead atoms. The molecule has 3 rings (SSSR count). The summed E-state index contributed by atoms with van der Waals surface area (Å²) in [6.07, 6.45) is 0.360. The van der Waals surface area contributed by atoms with Gasteiger partial charge in [0.2, 0.25) is 5.91 Å². The van der Waals surface area contributed by atoms with Gasteiger partial charge in [-0.15, -0.1) is 22.7 Å². The van der Waals surface area contributed by atoms with E-state index in [1.807, 2.05) is 41.1 Å². The molecule has 0 aliphatic carbocycles. The van der Waals surface area contributed by atoms with E-state index in [1.54, 1.807) is 25.6 Å². The molecule has 24 heavy (non-hydrogen) atoms. The predicted octanol–water partition coefficient (Wildman–Crippen LogP) is 4.07. The van der Waals surface area contributed by atoms with E-state index in [1.165, 1.54) is 11.3 Å². The summed E-state index contributed by atoms with van der Waals surface area (Å²) in [6, 6.07) is 9.43. The van der Waals surface area contributed by atoms with Gasteiger partial charge in [0.25, 0.3) is 0 Å². The quantitative estimate of drug-likeness (QED) is 0.720. The number of methoxy groups -OCH3 is 2. The van der Waals surface area contributed by atoms with E-state index in [9.17, 15) is 4.79 Å². The number of thiazole rings is 1. The summed E-state index contributed by atoms with van der Waals surface area (Å²) in [5.74, 6) is 1.33. The molecule has 124 valence electrons. The Labute approximate surface area is 147 Å². The molecule has 0 saturated heterocycles. The van der Waals surface area contributed by atoms with Crippen molar-refractivity contribution in [3.8, 4) is 22.8 Å². The van der Waals surface area contributed by atoms with Crippen LogP contribution in [0, 0.1) is 0 Å². The largest absolute Gasteiger partial charge is 0.497 e. The molecule has 0 aliphatic heterocycles. The molecule has 2 aromatic heterocycles. The average Bonchev–Trinajstić information content (AvgIpc) is 3.26. The second-order valence-corrected chi connectivity index (χ2v) is 6.80. The third-order valence-electron chi connectivity index (χ3n) is 3.35. The van der Waals surface area contributed by atoms with Gasteiger partial charge in [0.1, 0.15) is 11.5 Å². The minimum Gasteiger partial charge on any atom is -0.497 e. The summed E-state index contributed by atoms with van der Waals surface area (Å²) in [7, 11) is 3.22. The first kappa shape index (κ1) is 16.5. The number of hydrogen-bond acceptors (Lipinski definition) is 6. The number of rotatable bonds is 6. The standard InChI is InChI=1S/C17H16N2O3S2/c1-21-11-5-6-13(15(8-11)22-2)14-10-24-17(18-14)19-16(20)9-12-4-3-7-23-12/h3-8,10H,9H2,1-2H3,(H,18,19,20). The van der Waals surface area contributed by atoms with Gasteiger partial charge in [-0.1, -0.05) is 6.07 Å². The summed E-state index contributed by atoms with van der Waals surface area (Å²) in [4.78, 5) is 17.6. The molecular weight excluding hydrogens is 344 g/mol. The van der Waals surface area contributed by atoms with Gasteiger partial charge in [0.15, 0.2) is 5.13 Å². The first-order valence-electron chi connectivity index (χ1n) is 7.19. The molecule has 3 aromatic rings. The fraction of sp³-hybridized carbons (Fsp3) is 0.176. The van der Waals surface area contributed by atoms with Gasteiger partial charge < -0.3 is 14.8 Å². The lowest BCUT2D eigenvalue weighted by Gasteiger charge is -2.08. The minimum absolute atomic E-state index is 0.0694. The van der Waals surface area contributed by atoms with Crippen LogP contribution < -0.4 is 14.8 Å². The lowest BCUT2D eigenvalue weighted by Crippen LogP contribution is -2.13. The average molecular weight is 360 g/mol. The summed E-state index contributed by atoms with van der Waals surface area (Å²) in [5.41, 5.74) is 1.61. The van der Waals surface area contributed by atoms with Crippen molar-refractivity contribution in [2.75, 3.05) is 19.5 Å². The van der Waals surface area contributed by atoms with Gasteiger partial charge in [-0.05, 0) is 23.6 Å². The molecule has 0 aliphatic rings. The summed E-state index contributed by atoms with van der Waals surface area (Å²) in [5, 5.41) is 7.27. The predicted molar refractivity (Wildman–Crippen MR) is 97.3 cm³/mol. The molecule has 1 aromatic carbocycles. The van der Waals surface area contributed by atoms with E-state index in [-0.39, 0.29) is 5.91 Å². The maximum Gasteiger partial charge on any atom is 0.231 e. The number of carbonyl (C=O) groups excluding carboxylic acids is 1. The highest BCUT2D eigenvalue weighted by atomic mass is 32.1. The van der Waals surface area contributed by atoms with Crippen molar-refractivity contribution < 1.29 is 14.3 Å². The van der Waals surface area contributed by atoms with Crippen molar-refractivity contribution in [2.24, 2.45) is 0 Å². The molecule has 2 heterocycles. The Morgan fingerprint density at radius 2 is 2.08 bits per heavy atom. The van der Waals surface area contributed by atoms with Gasteiger partial charge in [-0.25, -0.2) is 4.98 Å². The smallest absolute Gasteiger partial charge is 0.231 e. The fourth-order valence-corrected chi connectivity index (χ4v) is 3.63. The number of ether oxygens (including phenoxy) is 2. The van der Waals surface area contributed by atoms with Crippen LogP contribution in [0.5, 0.6) is 11.5 Å². The van der Waals surface area contributed by atoms with Crippen molar-refractivity contribution in [1.29, 1.82) is 0 Å².